The first kappa shape index (κ1) is 16.7. The molecule has 20 heavy (non-hydrogen) atoms. The topological polar surface area (TPSA) is 53.7 Å². The van der Waals surface area contributed by atoms with E-state index in [1.807, 2.05) is 0 Å². The van der Waals surface area contributed by atoms with Crippen molar-refractivity contribution in [3.8, 4) is 5.75 Å². The Morgan fingerprint density at radius 3 is 2.15 bits per heavy atom. The lowest BCUT2D eigenvalue weighted by molar-refractivity contribution is -0.275. The van der Waals surface area contributed by atoms with E-state index in [4.69, 9.17) is 15.2 Å². The molecule has 0 aliphatic heterocycles. The van der Waals surface area contributed by atoms with E-state index in [0.717, 1.165) is 0 Å². The zero-order valence-corrected chi connectivity index (χ0v) is 11.3. The van der Waals surface area contributed by atoms with Crippen LogP contribution in [0, 0.1) is 0 Å². The molecule has 0 spiro atoms. The molecule has 0 bridgehead atoms. The van der Waals surface area contributed by atoms with Crippen LogP contribution >= 0.6 is 0 Å². The lowest BCUT2D eigenvalue weighted by Gasteiger charge is -2.25. The highest BCUT2D eigenvalue weighted by atomic mass is 19.4. The van der Waals surface area contributed by atoms with Crippen molar-refractivity contribution in [2.45, 2.75) is 32.5 Å². The van der Waals surface area contributed by atoms with Gasteiger partial charge in [0.2, 0.25) is 0 Å². The fourth-order valence-corrected chi connectivity index (χ4v) is 1.70. The molecule has 1 atom stereocenters. The first-order chi connectivity index (χ1) is 9.39. The molecule has 1 unspecified atom stereocenters. The Bertz CT molecular complexity index is 406. The van der Waals surface area contributed by atoms with Gasteiger partial charge in [0.15, 0.2) is 6.29 Å². The Labute approximate surface area is 115 Å². The quantitative estimate of drug-likeness (QED) is 0.785. The van der Waals surface area contributed by atoms with Crippen molar-refractivity contribution >= 4 is 0 Å². The predicted octanol–water partition coefficient (Wildman–Crippen LogP) is 2.98. The van der Waals surface area contributed by atoms with Gasteiger partial charge in [0.05, 0.1) is 6.04 Å². The van der Waals surface area contributed by atoms with E-state index in [1.165, 1.54) is 18.2 Å². The third kappa shape index (κ3) is 4.99. The van der Waals surface area contributed by atoms with E-state index in [0.29, 0.717) is 13.2 Å². The molecular formula is C13H18F3NO3. The van der Waals surface area contributed by atoms with Gasteiger partial charge in [0, 0.05) is 18.8 Å². The average Bonchev–Trinajstić information content (AvgIpc) is 2.36. The average molecular weight is 293 g/mol. The van der Waals surface area contributed by atoms with Crippen LogP contribution in [0.1, 0.15) is 25.5 Å². The number of benzene rings is 1. The van der Waals surface area contributed by atoms with Crippen LogP contribution in [0.25, 0.3) is 0 Å². The SMILES string of the molecule is CCOC(OCC)C(N)c1ccccc1OC(F)(F)F. The van der Waals surface area contributed by atoms with Gasteiger partial charge in [-0.25, -0.2) is 0 Å². The minimum absolute atomic E-state index is 0.178. The Balaban J connectivity index is 2.98. The van der Waals surface area contributed by atoms with Gasteiger partial charge in [0.25, 0.3) is 0 Å². The molecule has 0 saturated carbocycles. The van der Waals surface area contributed by atoms with Crippen LogP contribution in [0.15, 0.2) is 24.3 Å². The molecule has 0 aliphatic carbocycles. The van der Waals surface area contributed by atoms with Crippen molar-refractivity contribution in [1.82, 2.24) is 0 Å². The fraction of sp³-hybridized carbons (Fsp3) is 0.538. The van der Waals surface area contributed by atoms with Gasteiger partial charge in [-0.2, -0.15) is 0 Å². The summed E-state index contributed by atoms with van der Waals surface area (Å²) in [5.74, 6) is -0.350. The van der Waals surface area contributed by atoms with Crippen molar-refractivity contribution in [2.75, 3.05) is 13.2 Å². The summed E-state index contributed by atoms with van der Waals surface area (Å²) < 4.78 is 51.6. The molecule has 114 valence electrons. The number of halogens is 3. The molecule has 0 aromatic heterocycles. The zero-order valence-electron chi connectivity index (χ0n) is 11.3. The molecule has 1 aromatic carbocycles. The summed E-state index contributed by atoms with van der Waals surface area (Å²) in [7, 11) is 0. The summed E-state index contributed by atoms with van der Waals surface area (Å²) in [6.07, 6.45) is -5.61. The smallest absolute Gasteiger partial charge is 0.405 e. The monoisotopic (exact) mass is 293 g/mol. The molecule has 1 rings (SSSR count). The summed E-state index contributed by atoms with van der Waals surface area (Å²) in [6, 6.07) is 4.79. The van der Waals surface area contributed by atoms with E-state index in [1.54, 1.807) is 19.9 Å². The van der Waals surface area contributed by atoms with Crippen LogP contribution in [-0.2, 0) is 9.47 Å². The van der Waals surface area contributed by atoms with Crippen molar-refractivity contribution in [1.29, 1.82) is 0 Å². The van der Waals surface area contributed by atoms with Crippen LogP contribution in [0.3, 0.4) is 0 Å². The Morgan fingerprint density at radius 1 is 1.10 bits per heavy atom. The third-order valence-electron chi connectivity index (χ3n) is 2.46. The number of rotatable bonds is 7. The predicted molar refractivity (Wildman–Crippen MR) is 67.1 cm³/mol. The Hall–Kier alpha value is -1.31. The minimum atomic E-state index is -4.78. The maximum Gasteiger partial charge on any atom is 0.573 e. The van der Waals surface area contributed by atoms with Crippen LogP contribution in [0.2, 0.25) is 0 Å². The normalized spacial score (nSPS) is 13.6. The Morgan fingerprint density at radius 2 is 1.65 bits per heavy atom. The first-order valence-electron chi connectivity index (χ1n) is 6.22. The van der Waals surface area contributed by atoms with Gasteiger partial charge in [0.1, 0.15) is 5.75 Å². The summed E-state index contributed by atoms with van der Waals surface area (Å²) in [5.41, 5.74) is 6.11. The number of nitrogens with two attached hydrogens (primary N) is 1. The molecule has 1 aromatic rings. The minimum Gasteiger partial charge on any atom is -0.405 e. The molecule has 0 heterocycles. The van der Waals surface area contributed by atoms with Crippen LogP contribution in [-0.4, -0.2) is 25.9 Å². The molecule has 2 N–H and O–H groups in total. The first-order valence-corrected chi connectivity index (χ1v) is 6.22. The van der Waals surface area contributed by atoms with E-state index in [9.17, 15) is 13.2 Å². The van der Waals surface area contributed by atoms with Crippen molar-refractivity contribution in [2.24, 2.45) is 5.73 Å². The lowest BCUT2D eigenvalue weighted by Crippen LogP contribution is -2.32. The van der Waals surface area contributed by atoms with Gasteiger partial charge < -0.3 is 19.9 Å². The molecule has 0 fully saturated rings. The highest BCUT2D eigenvalue weighted by molar-refractivity contribution is 5.36. The second-order valence-corrected chi connectivity index (χ2v) is 3.89. The van der Waals surface area contributed by atoms with Crippen molar-refractivity contribution in [3.63, 3.8) is 0 Å². The van der Waals surface area contributed by atoms with Crippen molar-refractivity contribution < 1.29 is 27.4 Å². The van der Waals surface area contributed by atoms with E-state index in [-0.39, 0.29) is 11.3 Å². The van der Waals surface area contributed by atoms with E-state index in [2.05, 4.69) is 4.74 Å². The highest BCUT2D eigenvalue weighted by Gasteiger charge is 2.33. The molecule has 0 saturated heterocycles. The number of hydrogen-bond acceptors (Lipinski definition) is 4. The summed E-state index contributed by atoms with van der Waals surface area (Å²) >= 11 is 0. The standard InChI is InChI=1S/C13H18F3NO3/c1-3-18-12(19-4-2)11(17)9-7-5-6-8-10(9)20-13(14,15)16/h5-8,11-12H,3-4,17H2,1-2H3. The van der Waals surface area contributed by atoms with Crippen molar-refractivity contribution in [3.05, 3.63) is 29.8 Å². The molecule has 7 heteroatoms. The zero-order chi connectivity index (χ0) is 15.2. The number of ether oxygens (including phenoxy) is 3. The maximum absolute atomic E-state index is 12.4. The summed E-state index contributed by atoms with van der Waals surface area (Å²) in [4.78, 5) is 0. The maximum atomic E-state index is 12.4. The third-order valence-corrected chi connectivity index (χ3v) is 2.46. The van der Waals surface area contributed by atoms with Gasteiger partial charge in [-0.1, -0.05) is 18.2 Å². The lowest BCUT2D eigenvalue weighted by atomic mass is 10.1. The fourth-order valence-electron chi connectivity index (χ4n) is 1.70. The molecule has 4 nitrogen and oxygen atoms in total. The summed E-state index contributed by atoms with van der Waals surface area (Å²) in [6.45, 7) is 4.16. The number of hydrogen-bond donors (Lipinski definition) is 1. The van der Waals surface area contributed by atoms with Gasteiger partial charge in [-0.05, 0) is 19.9 Å². The van der Waals surface area contributed by atoms with Gasteiger partial charge >= 0.3 is 6.36 Å². The van der Waals surface area contributed by atoms with Gasteiger partial charge in [-0.15, -0.1) is 13.2 Å². The molecule has 0 aliphatic rings. The van der Waals surface area contributed by atoms with Gasteiger partial charge in [-0.3, -0.25) is 0 Å². The van der Waals surface area contributed by atoms with Crippen LogP contribution < -0.4 is 10.5 Å². The number of alkyl halides is 3. The summed E-state index contributed by atoms with van der Waals surface area (Å²) in [5, 5.41) is 0. The Kier molecular flexibility index (Phi) is 6.25. The number of para-hydroxylation sites is 1. The molecular weight excluding hydrogens is 275 g/mol. The molecule has 0 amide bonds. The second-order valence-electron chi connectivity index (χ2n) is 3.89. The van der Waals surface area contributed by atoms with E-state index < -0.39 is 18.7 Å². The largest absolute Gasteiger partial charge is 0.573 e. The van der Waals surface area contributed by atoms with Crippen LogP contribution in [0.4, 0.5) is 13.2 Å². The second kappa shape index (κ2) is 7.47. The molecule has 0 radical (unpaired) electrons. The van der Waals surface area contributed by atoms with E-state index >= 15 is 0 Å². The highest BCUT2D eigenvalue weighted by Crippen LogP contribution is 2.31. The van der Waals surface area contributed by atoms with Crippen LogP contribution in [0.5, 0.6) is 5.75 Å².